The fraction of sp³-hybridized carbons (Fsp3) is 0.417. The van der Waals surface area contributed by atoms with Gasteiger partial charge in [0.1, 0.15) is 22.4 Å². The SMILES string of the molecule is O=S1(=O)CCCCC1c1nc2c(F)cc(F)cc2[nH]1. The molecule has 1 aliphatic heterocycles. The van der Waals surface area contributed by atoms with E-state index in [0.717, 1.165) is 18.6 Å². The molecule has 7 heteroatoms. The molecule has 102 valence electrons. The van der Waals surface area contributed by atoms with Crippen LogP contribution in [0.5, 0.6) is 0 Å². The van der Waals surface area contributed by atoms with Crippen molar-refractivity contribution in [1.82, 2.24) is 9.97 Å². The maximum absolute atomic E-state index is 13.5. The van der Waals surface area contributed by atoms with Crippen molar-refractivity contribution in [3.63, 3.8) is 0 Å². The maximum atomic E-state index is 13.5. The molecule has 1 saturated heterocycles. The topological polar surface area (TPSA) is 62.8 Å². The van der Waals surface area contributed by atoms with Crippen LogP contribution in [0.25, 0.3) is 11.0 Å². The van der Waals surface area contributed by atoms with Crippen LogP contribution < -0.4 is 0 Å². The fourth-order valence-electron chi connectivity index (χ4n) is 2.48. The van der Waals surface area contributed by atoms with Gasteiger partial charge in [-0.3, -0.25) is 0 Å². The van der Waals surface area contributed by atoms with E-state index in [0.29, 0.717) is 12.8 Å². The number of fused-ring (bicyclic) bond motifs is 1. The second-order valence-corrected chi connectivity index (χ2v) is 7.06. The van der Waals surface area contributed by atoms with Crippen molar-refractivity contribution >= 4 is 20.9 Å². The van der Waals surface area contributed by atoms with Gasteiger partial charge >= 0.3 is 0 Å². The van der Waals surface area contributed by atoms with Crippen molar-refractivity contribution < 1.29 is 17.2 Å². The van der Waals surface area contributed by atoms with Gasteiger partial charge in [-0.15, -0.1) is 0 Å². The minimum absolute atomic E-state index is 0.0165. The number of halogens is 2. The van der Waals surface area contributed by atoms with Crippen LogP contribution in [-0.2, 0) is 9.84 Å². The summed E-state index contributed by atoms with van der Waals surface area (Å²) in [6.07, 6.45) is 1.89. The maximum Gasteiger partial charge on any atom is 0.160 e. The average molecular weight is 286 g/mol. The molecular formula is C12H12F2N2O2S. The number of sulfone groups is 1. The summed E-state index contributed by atoms with van der Waals surface area (Å²) in [6.45, 7) is 0. The Bertz CT molecular complexity index is 740. The number of benzene rings is 1. The van der Waals surface area contributed by atoms with E-state index in [-0.39, 0.29) is 22.6 Å². The van der Waals surface area contributed by atoms with E-state index in [1.165, 1.54) is 0 Å². The third-order valence-electron chi connectivity index (χ3n) is 3.41. The van der Waals surface area contributed by atoms with Gasteiger partial charge in [-0.25, -0.2) is 22.2 Å². The van der Waals surface area contributed by atoms with E-state index < -0.39 is 26.7 Å². The molecule has 3 rings (SSSR count). The molecule has 0 saturated carbocycles. The van der Waals surface area contributed by atoms with Crippen molar-refractivity contribution in [2.75, 3.05) is 5.75 Å². The Balaban J connectivity index is 2.13. The molecule has 4 nitrogen and oxygen atoms in total. The average Bonchev–Trinajstić information content (AvgIpc) is 2.72. The van der Waals surface area contributed by atoms with Crippen molar-refractivity contribution in [2.24, 2.45) is 0 Å². The van der Waals surface area contributed by atoms with Crippen LogP contribution in [0.3, 0.4) is 0 Å². The Morgan fingerprint density at radius 1 is 1.26 bits per heavy atom. The first kappa shape index (κ1) is 12.5. The Labute approximate surface area is 108 Å². The molecule has 1 aromatic carbocycles. The summed E-state index contributed by atoms with van der Waals surface area (Å²) in [5, 5.41) is -0.740. The number of nitrogens with one attached hydrogen (secondary N) is 1. The molecule has 0 aliphatic carbocycles. The zero-order chi connectivity index (χ0) is 13.6. The van der Waals surface area contributed by atoms with Crippen LogP contribution in [0.15, 0.2) is 12.1 Å². The monoisotopic (exact) mass is 286 g/mol. The summed E-state index contributed by atoms with van der Waals surface area (Å²) in [7, 11) is -3.26. The van der Waals surface area contributed by atoms with Crippen molar-refractivity contribution in [2.45, 2.75) is 24.5 Å². The second kappa shape index (κ2) is 4.26. The molecular weight excluding hydrogens is 274 g/mol. The Morgan fingerprint density at radius 3 is 2.79 bits per heavy atom. The number of imidazole rings is 1. The predicted octanol–water partition coefficient (Wildman–Crippen LogP) is 2.48. The number of aromatic nitrogens is 2. The highest BCUT2D eigenvalue weighted by Gasteiger charge is 2.32. The van der Waals surface area contributed by atoms with Gasteiger partial charge in [0.05, 0.1) is 11.3 Å². The van der Waals surface area contributed by atoms with Crippen LogP contribution in [0.1, 0.15) is 30.3 Å². The van der Waals surface area contributed by atoms with Gasteiger partial charge in [-0.2, -0.15) is 0 Å². The molecule has 1 aromatic heterocycles. The molecule has 0 amide bonds. The van der Waals surface area contributed by atoms with E-state index in [9.17, 15) is 17.2 Å². The first-order chi connectivity index (χ1) is 8.97. The summed E-state index contributed by atoms with van der Waals surface area (Å²) >= 11 is 0. The van der Waals surface area contributed by atoms with Gasteiger partial charge < -0.3 is 4.98 Å². The molecule has 19 heavy (non-hydrogen) atoms. The third-order valence-corrected chi connectivity index (χ3v) is 5.59. The Hall–Kier alpha value is -1.50. The minimum Gasteiger partial charge on any atom is -0.341 e. The Kier molecular flexibility index (Phi) is 2.81. The van der Waals surface area contributed by atoms with E-state index in [1.807, 2.05) is 0 Å². The quantitative estimate of drug-likeness (QED) is 0.876. The molecule has 1 aliphatic rings. The molecule has 1 unspecified atom stereocenters. The van der Waals surface area contributed by atoms with Crippen LogP contribution in [0.2, 0.25) is 0 Å². The van der Waals surface area contributed by atoms with Gasteiger partial charge in [-0.05, 0) is 18.9 Å². The zero-order valence-electron chi connectivity index (χ0n) is 9.99. The van der Waals surface area contributed by atoms with Crippen LogP contribution in [-0.4, -0.2) is 24.1 Å². The number of H-pyrrole nitrogens is 1. The van der Waals surface area contributed by atoms with Crippen LogP contribution in [0, 0.1) is 11.6 Å². The van der Waals surface area contributed by atoms with E-state index in [4.69, 9.17) is 0 Å². The van der Waals surface area contributed by atoms with E-state index in [2.05, 4.69) is 9.97 Å². The van der Waals surface area contributed by atoms with Crippen molar-refractivity contribution in [3.8, 4) is 0 Å². The van der Waals surface area contributed by atoms with Gasteiger partial charge in [0.25, 0.3) is 0 Å². The third kappa shape index (κ3) is 2.11. The highest BCUT2D eigenvalue weighted by atomic mass is 32.2. The van der Waals surface area contributed by atoms with Gasteiger partial charge in [0.15, 0.2) is 15.7 Å². The van der Waals surface area contributed by atoms with Crippen molar-refractivity contribution in [1.29, 1.82) is 0 Å². The molecule has 2 heterocycles. The van der Waals surface area contributed by atoms with Gasteiger partial charge in [0.2, 0.25) is 0 Å². The lowest BCUT2D eigenvalue weighted by Crippen LogP contribution is -2.22. The van der Waals surface area contributed by atoms with Crippen molar-refractivity contribution in [3.05, 3.63) is 29.6 Å². The molecule has 1 atom stereocenters. The van der Waals surface area contributed by atoms with E-state index in [1.54, 1.807) is 0 Å². The first-order valence-corrected chi connectivity index (χ1v) is 7.75. The van der Waals surface area contributed by atoms with Gasteiger partial charge in [0, 0.05) is 6.07 Å². The molecule has 0 radical (unpaired) electrons. The highest BCUT2D eigenvalue weighted by Crippen LogP contribution is 2.33. The number of hydrogen-bond acceptors (Lipinski definition) is 3. The lowest BCUT2D eigenvalue weighted by molar-refractivity contribution is 0.540. The van der Waals surface area contributed by atoms with Crippen LogP contribution in [0.4, 0.5) is 8.78 Å². The number of hydrogen-bond donors (Lipinski definition) is 1. The number of nitrogens with zero attached hydrogens (tertiary/aromatic N) is 1. The smallest absolute Gasteiger partial charge is 0.160 e. The zero-order valence-corrected chi connectivity index (χ0v) is 10.8. The van der Waals surface area contributed by atoms with Gasteiger partial charge in [-0.1, -0.05) is 6.42 Å². The summed E-state index contributed by atoms with van der Waals surface area (Å²) in [5.74, 6) is -1.18. The lowest BCUT2D eigenvalue weighted by atomic mass is 10.2. The van der Waals surface area contributed by atoms with E-state index >= 15 is 0 Å². The molecule has 0 bridgehead atoms. The number of rotatable bonds is 1. The van der Waals surface area contributed by atoms with Crippen LogP contribution >= 0.6 is 0 Å². The summed E-state index contributed by atoms with van der Waals surface area (Å²) in [4.78, 5) is 6.73. The normalized spacial score (nSPS) is 22.7. The first-order valence-electron chi connectivity index (χ1n) is 6.03. The predicted molar refractivity (Wildman–Crippen MR) is 66.4 cm³/mol. The Morgan fingerprint density at radius 2 is 2.05 bits per heavy atom. The molecule has 2 aromatic rings. The molecule has 0 spiro atoms. The summed E-state index contributed by atoms with van der Waals surface area (Å²) in [6, 6.07) is 1.85. The molecule has 1 N–H and O–H groups in total. The fourth-order valence-corrected chi connectivity index (χ4v) is 4.34. The second-order valence-electron chi connectivity index (χ2n) is 4.76. The summed E-state index contributed by atoms with van der Waals surface area (Å²) in [5.41, 5.74) is 0.172. The molecule has 1 fully saturated rings. The number of aromatic amines is 1. The minimum atomic E-state index is -3.26. The largest absolute Gasteiger partial charge is 0.341 e. The highest BCUT2D eigenvalue weighted by molar-refractivity contribution is 7.91. The lowest BCUT2D eigenvalue weighted by Gasteiger charge is -2.19. The summed E-state index contributed by atoms with van der Waals surface area (Å²) < 4.78 is 50.6. The standard InChI is InChI=1S/C12H12F2N2O2S/c13-7-5-8(14)11-9(6-7)15-12(16-11)10-3-1-2-4-19(10,17)18/h5-6,10H,1-4H2,(H,15,16).